The molecule has 1 heterocycles. The summed E-state index contributed by atoms with van der Waals surface area (Å²) >= 11 is 0. The zero-order valence-electron chi connectivity index (χ0n) is 14.6. The minimum Gasteiger partial charge on any atom is -0.497 e. The fourth-order valence-corrected chi connectivity index (χ4v) is 2.59. The molecule has 0 bridgehead atoms. The van der Waals surface area contributed by atoms with E-state index in [1.807, 2.05) is 24.3 Å². The SMILES string of the molecule is COc1ccc(CN(C(=O)c2cccc([N+](=O)[O-])c2)c2ccccn2)cc1. The summed E-state index contributed by atoms with van der Waals surface area (Å²) in [5.74, 6) is 0.811. The molecule has 0 aliphatic carbocycles. The van der Waals surface area contributed by atoms with E-state index in [-0.39, 0.29) is 23.7 Å². The van der Waals surface area contributed by atoms with E-state index in [9.17, 15) is 14.9 Å². The molecule has 0 spiro atoms. The van der Waals surface area contributed by atoms with Crippen LogP contribution >= 0.6 is 0 Å². The van der Waals surface area contributed by atoms with E-state index in [0.717, 1.165) is 5.56 Å². The highest BCUT2D eigenvalue weighted by Crippen LogP contribution is 2.21. The maximum atomic E-state index is 13.1. The first-order chi connectivity index (χ1) is 13.1. The molecule has 7 nitrogen and oxygen atoms in total. The van der Waals surface area contributed by atoms with Crippen molar-refractivity contribution in [2.75, 3.05) is 12.0 Å². The van der Waals surface area contributed by atoms with Crippen molar-refractivity contribution in [1.82, 2.24) is 4.98 Å². The third-order valence-corrected chi connectivity index (χ3v) is 3.97. The van der Waals surface area contributed by atoms with Gasteiger partial charge in [-0.2, -0.15) is 0 Å². The largest absolute Gasteiger partial charge is 0.497 e. The number of nitro groups is 1. The first-order valence-electron chi connectivity index (χ1n) is 8.19. The summed E-state index contributed by atoms with van der Waals surface area (Å²) in [6.45, 7) is 0.266. The molecule has 0 saturated carbocycles. The second-order valence-electron chi connectivity index (χ2n) is 5.73. The molecule has 2 aromatic carbocycles. The molecule has 7 heteroatoms. The maximum Gasteiger partial charge on any atom is 0.270 e. The van der Waals surface area contributed by atoms with E-state index in [1.54, 1.807) is 37.6 Å². The molecule has 1 aromatic heterocycles. The van der Waals surface area contributed by atoms with Crippen LogP contribution in [-0.4, -0.2) is 22.9 Å². The fraction of sp³-hybridized carbons (Fsp3) is 0.100. The lowest BCUT2D eigenvalue weighted by atomic mass is 10.1. The summed E-state index contributed by atoms with van der Waals surface area (Å²) in [5, 5.41) is 11.0. The monoisotopic (exact) mass is 363 g/mol. The number of hydrogen-bond donors (Lipinski definition) is 0. The molecule has 0 saturated heterocycles. The number of pyridine rings is 1. The second-order valence-corrected chi connectivity index (χ2v) is 5.73. The number of nitro benzene ring substituents is 1. The maximum absolute atomic E-state index is 13.1. The molecule has 0 unspecified atom stereocenters. The number of aromatic nitrogens is 1. The summed E-state index contributed by atoms with van der Waals surface area (Å²) in [5.41, 5.74) is 0.967. The number of rotatable bonds is 6. The molecular formula is C20H17N3O4. The number of nitrogens with zero attached hydrogens (tertiary/aromatic N) is 3. The van der Waals surface area contributed by atoms with Crippen LogP contribution in [0.3, 0.4) is 0 Å². The average molecular weight is 363 g/mol. The van der Waals surface area contributed by atoms with Crippen molar-refractivity contribution < 1.29 is 14.5 Å². The van der Waals surface area contributed by atoms with Crippen molar-refractivity contribution in [2.24, 2.45) is 0 Å². The second kappa shape index (κ2) is 8.09. The Morgan fingerprint density at radius 2 is 1.89 bits per heavy atom. The first-order valence-corrected chi connectivity index (χ1v) is 8.19. The van der Waals surface area contributed by atoms with Crippen molar-refractivity contribution in [2.45, 2.75) is 6.54 Å². The number of anilines is 1. The molecule has 0 N–H and O–H groups in total. The van der Waals surface area contributed by atoms with Crippen molar-refractivity contribution in [3.05, 3.63) is 94.2 Å². The zero-order chi connectivity index (χ0) is 19.2. The number of carbonyl (C=O) groups is 1. The summed E-state index contributed by atoms with van der Waals surface area (Å²) in [7, 11) is 1.58. The molecular weight excluding hydrogens is 346 g/mol. The van der Waals surface area contributed by atoms with Crippen molar-refractivity contribution in [3.63, 3.8) is 0 Å². The molecule has 0 fully saturated rings. The van der Waals surface area contributed by atoms with E-state index in [1.165, 1.54) is 23.1 Å². The highest BCUT2D eigenvalue weighted by atomic mass is 16.6. The van der Waals surface area contributed by atoms with E-state index in [4.69, 9.17) is 4.74 Å². The van der Waals surface area contributed by atoms with Crippen LogP contribution in [0.25, 0.3) is 0 Å². The van der Waals surface area contributed by atoms with Gasteiger partial charge in [-0.15, -0.1) is 0 Å². The van der Waals surface area contributed by atoms with Crippen LogP contribution in [0, 0.1) is 10.1 Å². The fourth-order valence-electron chi connectivity index (χ4n) is 2.59. The third kappa shape index (κ3) is 4.27. The Morgan fingerprint density at radius 1 is 1.11 bits per heavy atom. The summed E-state index contributed by atoms with van der Waals surface area (Å²) < 4.78 is 5.15. The van der Waals surface area contributed by atoms with Gasteiger partial charge in [-0.1, -0.05) is 24.3 Å². The lowest BCUT2D eigenvalue weighted by molar-refractivity contribution is -0.384. The molecule has 1 amide bonds. The Kier molecular flexibility index (Phi) is 5.41. The van der Waals surface area contributed by atoms with Gasteiger partial charge < -0.3 is 4.74 Å². The third-order valence-electron chi connectivity index (χ3n) is 3.97. The molecule has 3 aromatic rings. The van der Waals surface area contributed by atoms with E-state index >= 15 is 0 Å². The average Bonchev–Trinajstić information content (AvgIpc) is 2.72. The Hall–Kier alpha value is -3.74. The van der Waals surface area contributed by atoms with Gasteiger partial charge in [0.25, 0.3) is 11.6 Å². The van der Waals surface area contributed by atoms with Gasteiger partial charge in [0.15, 0.2) is 0 Å². The van der Waals surface area contributed by atoms with Gasteiger partial charge in [-0.25, -0.2) is 4.98 Å². The van der Waals surface area contributed by atoms with E-state index in [0.29, 0.717) is 11.6 Å². The smallest absolute Gasteiger partial charge is 0.270 e. The van der Waals surface area contributed by atoms with Crippen LogP contribution in [0.4, 0.5) is 11.5 Å². The highest BCUT2D eigenvalue weighted by Gasteiger charge is 2.21. The topological polar surface area (TPSA) is 85.6 Å². The van der Waals surface area contributed by atoms with Crippen LogP contribution in [0.2, 0.25) is 0 Å². The number of carbonyl (C=O) groups excluding carboxylic acids is 1. The van der Waals surface area contributed by atoms with Gasteiger partial charge in [-0.05, 0) is 35.9 Å². The van der Waals surface area contributed by atoms with Gasteiger partial charge in [0.2, 0.25) is 0 Å². The van der Waals surface area contributed by atoms with Crippen LogP contribution in [0.1, 0.15) is 15.9 Å². The number of benzene rings is 2. The van der Waals surface area contributed by atoms with E-state index < -0.39 is 4.92 Å². The van der Waals surface area contributed by atoms with Crippen LogP contribution in [0.5, 0.6) is 5.75 Å². The van der Waals surface area contributed by atoms with Crippen molar-refractivity contribution in [3.8, 4) is 5.75 Å². The highest BCUT2D eigenvalue weighted by molar-refractivity contribution is 6.05. The standard InChI is InChI=1S/C20H17N3O4/c1-27-18-10-8-15(9-11-18)14-22(19-7-2-3-12-21-19)20(24)16-5-4-6-17(13-16)23(25)26/h2-13H,14H2,1H3. The Morgan fingerprint density at radius 3 is 2.52 bits per heavy atom. The summed E-state index contributed by atoms with van der Waals surface area (Å²) in [6.07, 6.45) is 1.59. The van der Waals surface area contributed by atoms with Crippen LogP contribution in [0.15, 0.2) is 72.9 Å². The molecule has 136 valence electrons. The van der Waals surface area contributed by atoms with Gasteiger partial charge in [0, 0.05) is 23.9 Å². The number of methoxy groups -OCH3 is 1. The van der Waals surface area contributed by atoms with Crippen molar-refractivity contribution in [1.29, 1.82) is 0 Å². The zero-order valence-corrected chi connectivity index (χ0v) is 14.6. The predicted molar refractivity (Wildman–Crippen MR) is 101 cm³/mol. The van der Waals surface area contributed by atoms with Gasteiger partial charge >= 0.3 is 0 Å². The lowest BCUT2D eigenvalue weighted by Gasteiger charge is -2.22. The molecule has 27 heavy (non-hydrogen) atoms. The summed E-state index contributed by atoms with van der Waals surface area (Å²) in [6, 6.07) is 18.3. The Balaban J connectivity index is 1.95. The molecule has 0 atom stereocenters. The van der Waals surface area contributed by atoms with Gasteiger partial charge in [-0.3, -0.25) is 19.8 Å². The number of non-ortho nitro benzene ring substituents is 1. The van der Waals surface area contributed by atoms with Crippen molar-refractivity contribution >= 4 is 17.4 Å². The molecule has 0 radical (unpaired) electrons. The molecule has 3 rings (SSSR count). The summed E-state index contributed by atoms with van der Waals surface area (Å²) in [4.78, 5) is 29.3. The minimum absolute atomic E-state index is 0.133. The Labute approximate surface area is 156 Å². The minimum atomic E-state index is -0.522. The van der Waals surface area contributed by atoms with Crippen LogP contribution < -0.4 is 9.64 Å². The van der Waals surface area contributed by atoms with Gasteiger partial charge in [0.1, 0.15) is 11.6 Å². The first kappa shape index (κ1) is 18.1. The lowest BCUT2D eigenvalue weighted by Crippen LogP contribution is -2.31. The number of ether oxygens (including phenoxy) is 1. The molecule has 0 aliphatic heterocycles. The predicted octanol–water partition coefficient (Wildman–Crippen LogP) is 3.85. The van der Waals surface area contributed by atoms with Crippen LogP contribution in [-0.2, 0) is 6.54 Å². The molecule has 0 aliphatic rings. The quantitative estimate of drug-likeness (QED) is 0.490. The Bertz CT molecular complexity index is 943. The normalized spacial score (nSPS) is 10.3. The van der Waals surface area contributed by atoms with E-state index in [2.05, 4.69) is 4.98 Å². The number of hydrogen-bond acceptors (Lipinski definition) is 5. The van der Waals surface area contributed by atoms with Gasteiger partial charge in [0.05, 0.1) is 18.6 Å². The number of amides is 1.